The number of methoxy groups -OCH3 is 1. The Balaban J connectivity index is 1.90. The Labute approximate surface area is 183 Å². The topological polar surface area (TPSA) is 65.4 Å². The van der Waals surface area contributed by atoms with Crippen molar-refractivity contribution >= 4 is 11.6 Å². The van der Waals surface area contributed by atoms with Crippen molar-refractivity contribution < 1.29 is 40.6 Å². The predicted octanol–water partition coefficient (Wildman–Crippen LogP) is 5.40. The first-order valence-corrected chi connectivity index (χ1v) is 9.30. The van der Waals surface area contributed by atoms with Gasteiger partial charge in [-0.05, 0) is 42.8 Å². The molecular formula is C21H17F6N3O3. The average Bonchev–Trinajstić information content (AvgIpc) is 3.17. The van der Waals surface area contributed by atoms with E-state index in [0.29, 0.717) is 5.56 Å². The summed E-state index contributed by atoms with van der Waals surface area (Å²) in [6.45, 7) is 0.0681. The van der Waals surface area contributed by atoms with Crippen molar-refractivity contribution in [1.29, 1.82) is 0 Å². The smallest absolute Gasteiger partial charge is 0.422 e. The number of rotatable bonds is 6. The molecule has 3 aromatic rings. The molecule has 33 heavy (non-hydrogen) atoms. The average molecular weight is 473 g/mol. The van der Waals surface area contributed by atoms with Gasteiger partial charge in [-0.15, -0.1) is 0 Å². The van der Waals surface area contributed by atoms with Crippen LogP contribution in [0, 0.1) is 6.92 Å². The van der Waals surface area contributed by atoms with Gasteiger partial charge in [-0.2, -0.15) is 31.4 Å². The van der Waals surface area contributed by atoms with Crippen LogP contribution in [0.4, 0.5) is 32.0 Å². The molecule has 12 heteroatoms. The van der Waals surface area contributed by atoms with Crippen molar-refractivity contribution in [1.82, 2.24) is 9.78 Å². The van der Waals surface area contributed by atoms with Gasteiger partial charge in [0.1, 0.15) is 5.75 Å². The van der Waals surface area contributed by atoms with Crippen LogP contribution in [-0.4, -0.2) is 35.6 Å². The molecular weight excluding hydrogens is 456 g/mol. The molecule has 0 aliphatic rings. The summed E-state index contributed by atoms with van der Waals surface area (Å²) in [5.41, 5.74) is -0.641. The summed E-state index contributed by atoms with van der Waals surface area (Å²) in [4.78, 5) is 12.8. The number of benzene rings is 2. The minimum Gasteiger partial charge on any atom is -0.493 e. The molecule has 2 aromatic carbocycles. The highest BCUT2D eigenvalue weighted by Gasteiger charge is 2.31. The highest BCUT2D eigenvalue weighted by Crippen LogP contribution is 2.32. The van der Waals surface area contributed by atoms with Crippen molar-refractivity contribution in [3.63, 3.8) is 0 Å². The molecule has 1 amide bonds. The van der Waals surface area contributed by atoms with Gasteiger partial charge < -0.3 is 14.8 Å². The van der Waals surface area contributed by atoms with Crippen LogP contribution in [0.25, 0.3) is 5.69 Å². The van der Waals surface area contributed by atoms with Crippen molar-refractivity contribution in [3.8, 4) is 17.2 Å². The molecule has 0 radical (unpaired) electrons. The molecule has 1 heterocycles. The molecule has 0 saturated carbocycles. The first-order valence-electron chi connectivity index (χ1n) is 9.30. The zero-order valence-electron chi connectivity index (χ0n) is 17.2. The van der Waals surface area contributed by atoms with E-state index in [0.717, 1.165) is 16.8 Å². The minimum absolute atomic E-state index is 0.0201. The fraction of sp³-hybridized carbons (Fsp3) is 0.238. The standard InChI is InChI=1S/C21H17F6N3O3/c1-12-6-7-15(16(8-12)33-11-20(22,23)24)28-19(31)18-17(32-2)10-30(29-18)14-5-3-4-13(9-14)21(25,26)27/h3-10H,11H2,1-2H3,(H,28,31). The second-order valence-electron chi connectivity index (χ2n) is 6.90. The number of carbonyl (C=O) groups excluding carboxylic acids is 1. The van der Waals surface area contributed by atoms with Gasteiger partial charge >= 0.3 is 12.4 Å². The van der Waals surface area contributed by atoms with E-state index in [1.165, 1.54) is 37.6 Å². The second kappa shape index (κ2) is 9.04. The maximum atomic E-state index is 13.0. The van der Waals surface area contributed by atoms with E-state index in [9.17, 15) is 31.1 Å². The molecule has 0 atom stereocenters. The van der Waals surface area contributed by atoms with Crippen LogP contribution in [0.2, 0.25) is 0 Å². The summed E-state index contributed by atoms with van der Waals surface area (Å²) >= 11 is 0. The fourth-order valence-electron chi connectivity index (χ4n) is 2.82. The third-order valence-corrected chi connectivity index (χ3v) is 4.33. The molecule has 0 fully saturated rings. The summed E-state index contributed by atoms with van der Waals surface area (Å²) in [5.74, 6) is -1.13. The van der Waals surface area contributed by atoms with E-state index in [4.69, 9.17) is 9.47 Å². The number of carbonyl (C=O) groups is 1. The molecule has 0 saturated heterocycles. The Morgan fingerprint density at radius 2 is 1.79 bits per heavy atom. The molecule has 0 aliphatic carbocycles. The number of halogens is 6. The SMILES string of the molecule is COc1cn(-c2cccc(C(F)(F)F)c2)nc1C(=O)Nc1ccc(C)cc1OCC(F)(F)F. The summed E-state index contributed by atoms with van der Waals surface area (Å²) in [5, 5.41) is 6.39. The van der Waals surface area contributed by atoms with Crippen LogP contribution in [0.3, 0.4) is 0 Å². The van der Waals surface area contributed by atoms with Crippen LogP contribution >= 0.6 is 0 Å². The Hall–Kier alpha value is -3.70. The highest BCUT2D eigenvalue weighted by molar-refractivity contribution is 6.05. The van der Waals surface area contributed by atoms with Gasteiger partial charge in [-0.25, -0.2) is 4.68 Å². The number of amides is 1. The minimum atomic E-state index is -4.59. The first-order chi connectivity index (χ1) is 15.4. The van der Waals surface area contributed by atoms with Crippen molar-refractivity contribution in [3.05, 3.63) is 65.5 Å². The van der Waals surface area contributed by atoms with Crippen molar-refractivity contribution in [2.75, 3.05) is 19.0 Å². The van der Waals surface area contributed by atoms with Crippen LogP contribution < -0.4 is 14.8 Å². The predicted molar refractivity (Wildman–Crippen MR) is 106 cm³/mol. The molecule has 0 bridgehead atoms. The zero-order valence-corrected chi connectivity index (χ0v) is 17.2. The molecule has 6 nitrogen and oxygen atoms in total. The van der Waals surface area contributed by atoms with Gasteiger partial charge in [-0.1, -0.05) is 12.1 Å². The number of hydrogen-bond acceptors (Lipinski definition) is 4. The van der Waals surface area contributed by atoms with Gasteiger partial charge in [0.25, 0.3) is 5.91 Å². The van der Waals surface area contributed by atoms with Crippen molar-refractivity contribution in [2.24, 2.45) is 0 Å². The van der Waals surface area contributed by atoms with Gasteiger partial charge in [0.15, 0.2) is 18.1 Å². The monoisotopic (exact) mass is 473 g/mol. The number of anilines is 1. The molecule has 0 aliphatic heterocycles. The van der Waals surface area contributed by atoms with Crippen molar-refractivity contribution in [2.45, 2.75) is 19.3 Å². The van der Waals surface area contributed by atoms with E-state index < -0.39 is 30.4 Å². The van der Waals surface area contributed by atoms with Crippen LogP contribution in [-0.2, 0) is 6.18 Å². The largest absolute Gasteiger partial charge is 0.493 e. The Kier molecular flexibility index (Phi) is 6.56. The quantitative estimate of drug-likeness (QED) is 0.487. The third kappa shape index (κ3) is 5.96. The molecule has 0 spiro atoms. The number of hydrogen-bond donors (Lipinski definition) is 1. The summed E-state index contributed by atoms with van der Waals surface area (Å²) in [6, 6.07) is 8.49. The Morgan fingerprint density at radius 3 is 2.42 bits per heavy atom. The number of aromatic nitrogens is 2. The van der Waals surface area contributed by atoms with E-state index in [1.807, 2.05) is 0 Å². The van der Waals surface area contributed by atoms with E-state index in [1.54, 1.807) is 13.0 Å². The van der Waals surface area contributed by atoms with Crippen LogP contribution in [0.5, 0.6) is 11.5 Å². The lowest BCUT2D eigenvalue weighted by Crippen LogP contribution is -2.20. The highest BCUT2D eigenvalue weighted by atomic mass is 19.4. The van der Waals surface area contributed by atoms with Gasteiger partial charge in [0, 0.05) is 0 Å². The third-order valence-electron chi connectivity index (χ3n) is 4.33. The molecule has 176 valence electrons. The van der Waals surface area contributed by atoms with Gasteiger partial charge in [0.2, 0.25) is 0 Å². The van der Waals surface area contributed by atoms with Gasteiger partial charge in [-0.3, -0.25) is 4.79 Å². The molecule has 1 aromatic heterocycles. The number of aryl methyl sites for hydroxylation is 1. The number of ether oxygens (including phenoxy) is 2. The number of nitrogens with one attached hydrogen (secondary N) is 1. The summed E-state index contributed by atoms with van der Waals surface area (Å²) < 4.78 is 87.6. The zero-order chi connectivity index (χ0) is 24.4. The summed E-state index contributed by atoms with van der Waals surface area (Å²) in [6.07, 6.45) is -7.95. The number of alkyl halides is 6. The van der Waals surface area contributed by atoms with E-state index in [2.05, 4.69) is 10.4 Å². The maximum absolute atomic E-state index is 13.0. The van der Waals surface area contributed by atoms with E-state index in [-0.39, 0.29) is 28.6 Å². The summed E-state index contributed by atoms with van der Waals surface area (Å²) in [7, 11) is 1.23. The molecule has 0 unspecified atom stereocenters. The number of nitrogens with zero attached hydrogens (tertiary/aromatic N) is 2. The van der Waals surface area contributed by atoms with Crippen LogP contribution in [0.15, 0.2) is 48.7 Å². The lowest BCUT2D eigenvalue weighted by Gasteiger charge is -2.14. The van der Waals surface area contributed by atoms with Crippen LogP contribution in [0.1, 0.15) is 21.6 Å². The molecule has 1 N–H and O–H groups in total. The maximum Gasteiger partial charge on any atom is 0.422 e. The fourth-order valence-corrected chi connectivity index (χ4v) is 2.82. The Bertz CT molecular complexity index is 1150. The first kappa shape index (κ1) is 24.0. The van der Waals surface area contributed by atoms with Gasteiger partial charge in [0.05, 0.1) is 30.2 Å². The van der Waals surface area contributed by atoms with E-state index >= 15 is 0 Å². The second-order valence-corrected chi connectivity index (χ2v) is 6.90. The molecule has 3 rings (SSSR count). The lowest BCUT2D eigenvalue weighted by atomic mass is 10.2. The lowest BCUT2D eigenvalue weighted by molar-refractivity contribution is -0.153. The normalized spacial score (nSPS) is 11.9. The Morgan fingerprint density at radius 1 is 1.06 bits per heavy atom.